The topological polar surface area (TPSA) is 49.4 Å². The van der Waals surface area contributed by atoms with Crippen molar-refractivity contribution in [2.24, 2.45) is 0 Å². The number of hydrogen-bond donors (Lipinski definition) is 1. The molecular formula is C13H22N2O2S2. The number of aryl methyl sites for hydroxylation is 1. The lowest BCUT2D eigenvalue weighted by Crippen LogP contribution is -2.34. The highest BCUT2D eigenvalue weighted by molar-refractivity contribution is 7.89. The zero-order valence-electron chi connectivity index (χ0n) is 11.9. The molecule has 1 fully saturated rings. The lowest BCUT2D eigenvalue weighted by atomic mass is 10.3. The molecule has 2 rings (SSSR count). The summed E-state index contributed by atoms with van der Waals surface area (Å²) in [4.78, 5) is 1.43. The van der Waals surface area contributed by atoms with E-state index in [9.17, 15) is 8.42 Å². The first-order valence-electron chi connectivity index (χ1n) is 6.62. The molecule has 19 heavy (non-hydrogen) atoms. The molecule has 1 aromatic rings. The molecule has 1 aliphatic carbocycles. The normalized spacial score (nSPS) is 16.5. The Labute approximate surface area is 119 Å². The third-order valence-electron chi connectivity index (χ3n) is 3.48. The second-order valence-electron chi connectivity index (χ2n) is 5.44. The lowest BCUT2D eigenvalue weighted by molar-refractivity contribution is 0.410. The average molecular weight is 302 g/mol. The van der Waals surface area contributed by atoms with Gasteiger partial charge in [-0.3, -0.25) is 0 Å². The molecule has 1 saturated carbocycles. The second kappa shape index (κ2) is 5.52. The van der Waals surface area contributed by atoms with Crippen molar-refractivity contribution in [2.45, 2.75) is 57.1 Å². The van der Waals surface area contributed by atoms with Gasteiger partial charge in [0.15, 0.2) is 0 Å². The molecule has 1 heterocycles. The van der Waals surface area contributed by atoms with Crippen LogP contribution in [0.25, 0.3) is 0 Å². The second-order valence-corrected chi connectivity index (χ2v) is 8.34. The summed E-state index contributed by atoms with van der Waals surface area (Å²) in [6, 6.07) is 0.550. The number of nitrogens with zero attached hydrogens (tertiary/aromatic N) is 1. The van der Waals surface area contributed by atoms with Crippen molar-refractivity contribution in [3.63, 3.8) is 0 Å². The Balaban J connectivity index is 2.28. The van der Waals surface area contributed by atoms with Crippen LogP contribution in [0, 0.1) is 6.92 Å². The van der Waals surface area contributed by atoms with Gasteiger partial charge in [0.25, 0.3) is 0 Å². The van der Waals surface area contributed by atoms with Crippen molar-refractivity contribution in [2.75, 3.05) is 7.05 Å². The van der Waals surface area contributed by atoms with Crippen molar-refractivity contribution in [1.29, 1.82) is 0 Å². The molecule has 0 spiro atoms. The summed E-state index contributed by atoms with van der Waals surface area (Å²) >= 11 is 1.53. The van der Waals surface area contributed by atoms with Gasteiger partial charge in [0, 0.05) is 30.6 Å². The first kappa shape index (κ1) is 15.0. The van der Waals surface area contributed by atoms with Crippen LogP contribution in [0.4, 0.5) is 0 Å². The zero-order chi connectivity index (χ0) is 14.2. The van der Waals surface area contributed by atoms with Gasteiger partial charge in [0.2, 0.25) is 10.0 Å². The number of hydrogen-bond acceptors (Lipinski definition) is 4. The van der Waals surface area contributed by atoms with Gasteiger partial charge in [-0.15, -0.1) is 11.3 Å². The largest absolute Gasteiger partial charge is 0.309 e. The molecule has 1 aliphatic rings. The highest BCUT2D eigenvalue weighted by Gasteiger charge is 2.29. The van der Waals surface area contributed by atoms with Crippen LogP contribution >= 0.6 is 11.3 Å². The van der Waals surface area contributed by atoms with E-state index in [-0.39, 0.29) is 6.04 Å². The van der Waals surface area contributed by atoms with E-state index in [1.165, 1.54) is 28.5 Å². The van der Waals surface area contributed by atoms with Crippen molar-refractivity contribution < 1.29 is 8.42 Å². The lowest BCUT2D eigenvalue weighted by Gasteiger charge is -2.22. The monoisotopic (exact) mass is 302 g/mol. The molecule has 6 heteroatoms. The molecule has 108 valence electrons. The van der Waals surface area contributed by atoms with Gasteiger partial charge < -0.3 is 5.32 Å². The maximum absolute atomic E-state index is 12.6. The third-order valence-corrected chi connectivity index (χ3v) is 6.98. The van der Waals surface area contributed by atoms with E-state index in [0.29, 0.717) is 17.5 Å². The van der Waals surface area contributed by atoms with Gasteiger partial charge in [-0.1, -0.05) is 0 Å². The van der Waals surface area contributed by atoms with Crippen LogP contribution in [0.2, 0.25) is 0 Å². The smallest absolute Gasteiger partial charge is 0.244 e. The Hall–Kier alpha value is -0.430. The number of nitrogens with one attached hydrogen (secondary N) is 1. The van der Waals surface area contributed by atoms with Crippen LogP contribution in [0.15, 0.2) is 10.3 Å². The van der Waals surface area contributed by atoms with E-state index in [0.717, 1.165) is 10.4 Å². The maximum atomic E-state index is 12.6. The van der Waals surface area contributed by atoms with E-state index < -0.39 is 10.0 Å². The number of sulfonamides is 1. The molecule has 0 aliphatic heterocycles. The molecule has 4 nitrogen and oxygen atoms in total. The summed E-state index contributed by atoms with van der Waals surface area (Å²) in [6.07, 6.45) is 2.41. The zero-order valence-corrected chi connectivity index (χ0v) is 13.6. The van der Waals surface area contributed by atoms with Crippen LogP contribution in [-0.2, 0) is 16.6 Å². The van der Waals surface area contributed by atoms with Crippen molar-refractivity contribution in [1.82, 2.24) is 9.62 Å². The van der Waals surface area contributed by atoms with Gasteiger partial charge in [-0.2, -0.15) is 4.31 Å². The fraction of sp³-hybridized carbons (Fsp3) is 0.692. The molecule has 0 radical (unpaired) electrons. The highest BCUT2D eigenvalue weighted by atomic mass is 32.2. The fourth-order valence-electron chi connectivity index (χ4n) is 1.90. The third kappa shape index (κ3) is 3.18. The Morgan fingerprint density at radius 2 is 2.11 bits per heavy atom. The van der Waals surface area contributed by atoms with Gasteiger partial charge in [0.05, 0.1) is 0 Å². The molecule has 1 N–H and O–H groups in total. The number of thiophene rings is 1. The Bertz CT molecular complexity index is 545. The molecule has 0 amide bonds. The first-order chi connectivity index (χ1) is 8.84. The minimum atomic E-state index is -3.38. The van der Waals surface area contributed by atoms with E-state index in [2.05, 4.69) is 5.32 Å². The summed E-state index contributed by atoms with van der Waals surface area (Å²) in [6.45, 7) is 6.31. The van der Waals surface area contributed by atoms with Crippen LogP contribution in [0.3, 0.4) is 0 Å². The maximum Gasteiger partial charge on any atom is 0.244 e. The predicted octanol–water partition coefficient (Wildman–Crippen LogP) is 2.34. The van der Waals surface area contributed by atoms with E-state index in [1.807, 2.05) is 26.2 Å². The number of rotatable bonds is 6. The van der Waals surface area contributed by atoms with Crippen LogP contribution in [0.5, 0.6) is 0 Å². The Kier molecular flexibility index (Phi) is 4.35. The molecule has 0 atom stereocenters. The minimum Gasteiger partial charge on any atom is -0.309 e. The standard InChI is InChI=1S/C13H22N2O2S2/c1-9(2)15(4)19(16,17)13-10(3)8-18-12(13)7-14-11-5-6-11/h8-9,11,14H,5-7H2,1-4H3. The Morgan fingerprint density at radius 1 is 1.47 bits per heavy atom. The molecule has 1 aromatic heterocycles. The first-order valence-corrected chi connectivity index (χ1v) is 8.94. The minimum absolute atomic E-state index is 0.0338. The Morgan fingerprint density at radius 3 is 2.63 bits per heavy atom. The van der Waals surface area contributed by atoms with E-state index >= 15 is 0 Å². The molecule has 0 unspecified atom stereocenters. The molecule has 0 saturated heterocycles. The van der Waals surface area contributed by atoms with Crippen molar-refractivity contribution in [3.05, 3.63) is 15.8 Å². The van der Waals surface area contributed by atoms with E-state index in [1.54, 1.807) is 7.05 Å². The van der Waals surface area contributed by atoms with Gasteiger partial charge in [0.1, 0.15) is 4.90 Å². The molecule has 0 bridgehead atoms. The molecule has 0 aromatic carbocycles. The van der Waals surface area contributed by atoms with Crippen molar-refractivity contribution in [3.8, 4) is 0 Å². The van der Waals surface area contributed by atoms with Crippen LogP contribution in [-0.4, -0.2) is 31.9 Å². The SMILES string of the molecule is Cc1csc(CNC2CC2)c1S(=O)(=O)N(C)C(C)C. The van der Waals surface area contributed by atoms with Crippen LogP contribution in [0.1, 0.15) is 37.1 Å². The average Bonchev–Trinajstić information content (AvgIpc) is 3.08. The fourth-order valence-corrected chi connectivity index (χ4v) is 4.98. The summed E-state index contributed by atoms with van der Waals surface area (Å²) in [5.41, 5.74) is 0.852. The van der Waals surface area contributed by atoms with E-state index in [4.69, 9.17) is 0 Å². The van der Waals surface area contributed by atoms with Gasteiger partial charge >= 0.3 is 0 Å². The summed E-state index contributed by atoms with van der Waals surface area (Å²) in [7, 11) is -1.73. The highest BCUT2D eigenvalue weighted by Crippen LogP contribution is 2.30. The van der Waals surface area contributed by atoms with Crippen molar-refractivity contribution >= 4 is 21.4 Å². The quantitative estimate of drug-likeness (QED) is 0.877. The summed E-state index contributed by atoms with van der Waals surface area (Å²) < 4.78 is 26.7. The van der Waals surface area contributed by atoms with Gasteiger partial charge in [-0.25, -0.2) is 8.42 Å². The van der Waals surface area contributed by atoms with Crippen LogP contribution < -0.4 is 5.32 Å². The summed E-state index contributed by atoms with van der Waals surface area (Å²) in [5, 5.41) is 5.33. The van der Waals surface area contributed by atoms with Gasteiger partial charge in [-0.05, 0) is 44.6 Å². The molecular weight excluding hydrogens is 280 g/mol. The summed E-state index contributed by atoms with van der Waals surface area (Å²) in [5.74, 6) is 0. The predicted molar refractivity (Wildman–Crippen MR) is 79.0 cm³/mol.